The molecule has 1 saturated heterocycles. The molecular formula is C19H19N3O4S. The predicted octanol–water partition coefficient (Wildman–Crippen LogP) is 1.84. The Labute approximate surface area is 158 Å². The van der Waals surface area contributed by atoms with Crippen molar-refractivity contribution < 1.29 is 17.9 Å². The Morgan fingerprint density at radius 2 is 1.63 bits per heavy atom. The van der Waals surface area contributed by atoms with Gasteiger partial charge in [-0.2, -0.15) is 9.57 Å². The van der Waals surface area contributed by atoms with Crippen LogP contribution in [0.3, 0.4) is 0 Å². The van der Waals surface area contributed by atoms with E-state index in [0.29, 0.717) is 39.4 Å². The van der Waals surface area contributed by atoms with Crippen molar-refractivity contribution >= 4 is 15.7 Å². The molecule has 8 heteroatoms. The number of rotatable bonds is 3. The van der Waals surface area contributed by atoms with Gasteiger partial charge in [-0.05, 0) is 24.3 Å². The highest BCUT2D eigenvalue weighted by molar-refractivity contribution is 7.89. The van der Waals surface area contributed by atoms with Gasteiger partial charge in [-0.3, -0.25) is 0 Å². The van der Waals surface area contributed by atoms with Crippen LogP contribution in [0.5, 0.6) is 11.5 Å². The summed E-state index contributed by atoms with van der Waals surface area (Å²) in [7, 11) is -3.69. The summed E-state index contributed by atoms with van der Waals surface area (Å²) >= 11 is 0. The highest BCUT2D eigenvalue weighted by atomic mass is 32.2. The maximum Gasteiger partial charge on any atom is 0.244 e. The number of nitriles is 1. The van der Waals surface area contributed by atoms with Crippen LogP contribution in [-0.4, -0.2) is 52.1 Å². The van der Waals surface area contributed by atoms with Crippen LogP contribution in [0.4, 0.5) is 5.69 Å². The summed E-state index contributed by atoms with van der Waals surface area (Å²) in [5, 5.41) is 9.20. The maximum atomic E-state index is 12.9. The normalized spacial score (nSPS) is 17.4. The third-order valence-electron chi connectivity index (χ3n) is 4.75. The first-order valence-corrected chi connectivity index (χ1v) is 10.2. The Morgan fingerprint density at radius 1 is 0.926 bits per heavy atom. The SMILES string of the molecule is N#Cc1ccccc1S(=O)(=O)N1CCN(c2ccc3c(c2)OCCO3)CC1. The zero-order valence-electron chi connectivity index (χ0n) is 14.7. The molecule has 0 amide bonds. The monoisotopic (exact) mass is 385 g/mol. The quantitative estimate of drug-likeness (QED) is 0.802. The molecule has 27 heavy (non-hydrogen) atoms. The Morgan fingerprint density at radius 3 is 2.37 bits per heavy atom. The lowest BCUT2D eigenvalue weighted by atomic mass is 10.2. The van der Waals surface area contributed by atoms with Gasteiger partial charge in [-0.25, -0.2) is 8.42 Å². The first-order valence-electron chi connectivity index (χ1n) is 8.73. The average Bonchev–Trinajstić information content (AvgIpc) is 2.73. The molecule has 2 aliphatic heterocycles. The molecule has 2 heterocycles. The van der Waals surface area contributed by atoms with Gasteiger partial charge in [-0.1, -0.05) is 12.1 Å². The van der Waals surface area contributed by atoms with Crippen molar-refractivity contribution in [3.63, 3.8) is 0 Å². The Bertz CT molecular complexity index is 992. The van der Waals surface area contributed by atoms with Crippen LogP contribution < -0.4 is 14.4 Å². The van der Waals surface area contributed by atoms with Crippen LogP contribution >= 0.6 is 0 Å². The van der Waals surface area contributed by atoms with E-state index in [1.165, 1.54) is 16.4 Å². The summed E-state index contributed by atoms with van der Waals surface area (Å²) in [4.78, 5) is 2.20. The first kappa shape index (κ1) is 17.6. The van der Waals surface area contributed by atoms with Crippen molar-refractivity contribution in [2.45, 2.75) is 4.90 Å². The van der Waals surface area contributed by atoms with Crippen LogP contribution in [0.25, 0.3) is 0 Å². The highest BCUT2D eigenvalue weighted by Gasteiger charge is 2.30. The second-order valence-corrected chi connectivity index (χ2v) is 8.23. The van der Waals surface area contributed by atoms with Crippen molar-refractivity contribution in [2.24, 2.45) is 0 Å². The second kappa shape index (κ2) is 7.10. The molecule has 0 aliphatic carbocycles. The van der Waals surface area contributed by atoms with Gasteiger partial charge in [0, 0.05) is 37.9 Å². The molecule has 0 bridgehead atoms. The molecule has 0 radical (unpaired) electrons. The molecule has 0 atom stereocenters. The fraction of sp³-hybridized carbons (Fsp3) is 0.316. The zero-order valence-corrected chi connectivity index (χ0v) is 15.5. The van der Waals surface area contributed by atoms with Gasteiger partial charge in [0.15, 0.2) is 11.5 Å². The number of fused-ring (bicyclic) bond motifs is 1. The largest absolute Gasteiger partial charge is 0.486 e. The lowest BCUT2D eigenvalue weighted by Crippen LogP contribution is -2.48. The van der Waals surface area contributed by atoms with E-state index >= 15 is 0 Å². The van der Waals surface area contributed by atoms with Crippen molar-refractivity contribution in [3.8, 4) is 17.6 Å². The molecule has 0 N–H and O–H groups in total. The molecule has 2 aromatic carbocycles. The van der Waals surface area contributed by atoms with Gasteiger partial charge in [0.1, 0.15) is 19.3 Å². The minimum absolute atomic E-state index is 0.0697. The molecular weight excluding hydrogens is 366 g/mol. The minimum Gasteiger partial charge on any atom is -0.486 e. The van der Waals surface area contributed by atoms with E-state index in [1.54, 1.807) is 12.1 Å². The van der Waals surface area contributed by atoms with E-state index in [4.69, 9.17) is 9.47 Å². The van der Waals surface area contributed by atoms with E-state index in [2.05, 4.69) is 4.90 Å². The molecule has 4 rings (SSSR count). The molecule has 140 valence electrons. The number of anilines is 1. The lowest BCUT2D eigenvalue weighted by Gasteiger charge is -2.35. The number of nitrogens with zero attached hydrogens (tertiary/aromatic N) is 3. The van der Waals surface area contributed by atoms with Gasteiger partial charge < -0.3 is 14.4 Å². The summed E-state index contributed by atoms with van der Waals surface area (Å²) in [5.41, 5.74) is 1.15. The molecule has 0 spiro atoms. The number of hydrogen-bond acceptors (Lipinski definition) is 6. The van der Waals surface area contributed by atoms with Crippen molar-refractivity contribution in [1.82, 2.24) is 4.31 Å². The minimum atomic E-state index is -3.69. The molecule has 0 aromatic heterocycles. The standard InChI is InChI=1S/C19H19N3O4S/c20-14-15-3-1-2-4-19(15)27(23,24)22-9-7-21(8-10-22)16-5-6-17-18(13-16)26-12-11-25-17/h1-6,13H,7-12H2. The molecule has 7 nitrogen and oxygen atoms in total. The Kier molecular flexibility index (Phi) is 4.64. The Balaban J connectivity index is 1.50. The van der Waals surface area contributed by atoms with E-state index in [0.717, 1.165) is 17.2 Å². The van der Waals surface area contributed by atoms with E-state index in [9.17, 15) is 13.7 Å². The summed E-state index contributed by atoms with van der Waals surface area (Å²) in [6, 6.07) is 14.1. The van der Waals surface area contributed by atoms with Gasteiger partial charge in [0.05, 0.1) is 10.5 Å². The fourth-order valence-electron chi connectivity index (χ4n) is 3.34. The molecule has 0 saturated carbocycles. The topological polar surface area (TPSA) is 82.9 Å². The molecule has 0 unspecified atom stereocenters. The number of ether oxygens (including phenoxy) is 2. The number of piperazine rings is 1. The number of hydrogen-bond donors (Lipinski definition) is 0. The van der Waals surface area contributed by atoms with Crippen LogP contribution in [0.2, 0.25) is 0 Å². The predicted molar refractivity (Wildman–Crippen MR) is 99.6 cm³/mol. The summed E-state index contributed by atoms with van der Waals surface area (Å²) in [5.74, 6) is 1.45. The van der Waals surface area contributed by atoms with Crippen LogP contribution in [0.1, 0.15) is 5.56 Å². The van der Waals surface area contributed by atoms with Crippen molar-refractivity contribution in [2.75, 3.05) is 44.3 Å². The maximum absolute atomic E-state index is 12.9. The van der Waals surface area contributed by atoms with Crippen LogP contribution in [0, 0.1) is 11.3 Å². The van der Waals surface area contributed by atoms with Crippen molar-refractivity contribution in [1.29, 1.82) is 5.26 Å². The van der Waals surface area contributed by atoms with Gasteiger partial charge >= 0.3 is 0 Å². The summed E-state index contributed by atoms with van der Waals surface area (Å²) < 4.78 is 38.5. The van der Waals surface area contributed by atoms with Crippen molar-refractivity contribution in [3.05, 3.63) is 48.0 Å². The van der Waals surface area contributed by atoms with E-state index in [-0.39, 0.29) is 10.5 Å². The average molecular weight is 385 g/mol. The molecule has 2 aliphatic rings. The summed E-state index contributed by atoms with van der Waals surface area (Å²) in [6.45, 7) is 2.92. The molecule has 1 fully saturated rings. The van der Waals surface area contributed by atoms with Gasteiger partial charge in [0.2, 0.25) is 10.0 Å². The van der Waals surface area contributed by atoms with Gasteiger partial charge in [0.25, 0.3) is 0 Å². The summed E-state index contributed by atoms with van der Waals surface area (Å²) in [6.07, 6.45) is 0. The van der Waals surface area contributed by atoms with E-state index in [1.807, 2.05) is 24.3 Å². The van der Waals surface area contributed by atoms with Gasteiger partial charge in [-0.15, -0.1) is 0 Å². The fourth-order valence-corrected chi connectivity index (χ4v) is 4.90. The zero-order chi connectivity index (χ0) is 18.9. The smallest absolute Gasteiger partial charge is 0.244 e. The lowest BCUT2D eigenvalue weighted by molar-refractivity contribution is 0.171. The van der Waals surface area contributed by atoms with Crippen LogP contribution in [0.15, 0.2) is 47.4 Å². The van der Waals surface area contributed by atoms with Crippen LogP contribution in [-0.2, 0) is 10.0 Å². The highest BCUT2D eigenvalue weighted by Crippen LogP contribution is 2.34. The number of benzene rings is 2. The first-order chi connectivity index (χ1) is 13.1. The molecule has 2 aromatic rings. The Hall–Kier alpha value is -2.76. The number of sulfonamides is 1. The second-order valence-electron chi connectivity index (χ2n) is 6.33. The third kappa shape index (κ3) is 3.31. The third-order valence-corrected chi connectivity index (χ3v) is 6.71. The van der Waals surface area contributed by atoms with E-state index < -0.39 is 10.0 Å².